The molecule has 0 saturated heterocycles. The quantitative estimate of drug-likeness (QED) is 0.858. The lowest BCUT2D eigenvalue weighted by Crippen LogP contribution is -2.12. The number of carbonyl (C=O) groups excluding carboxylic acids is 1. The summed E-state index contributed by atoms with van der Waals surface area (Å²) >= 11 is 0. The third kappa shape index (κ3) is 4.93. The molecule has 3 heteroatoms. The third-order valence-electron chi connectivity index (χ3n) is 2.17. The Morgan fingerprint density at radius 1 is 1.12 bits per heavy atom. The first kappa shape index (κ1) is 12.9. The smallest absolute Gasteiger partial charge is 0.267 e. The van der Waals surface area contributed by atoms with E-state index in [-0.39, 0.29) is 0 Å². The van der Waals surface area contributed by atoms with Crippen LogP contribution < -0.4 is 5.73 Å². The molecule has 2 rings (SSSR count). The van der Waals surface area contributed by atoms with Gasteiger partial charge in [-0.25, -0.2) is 0 Å². The van der Waals surface area contributed by atoms with E-state index in [1.807, 2.05) is 6.07 Å². The zero-order chi connectivity index (χ0) is 12.5. The minimum absolute atomic E-state index is 0.303. The molecule has 2 N–H and O–H groups in total. The van der Waals surface area contributed by atoms with Gasteiger partial charge >= 0.3 is 0 Å². The number of nitrogens with zero attached hydrogens (tertiary/aromatic N) is 1. The van der Waals surface area contributed by atoms with E-state index in [0.29, 0.717) is 5.69 Å². The van der Waals surface area contributed by atoms with Crippen molar-refractivity contribution in [1.29, 1.82) is 0 Å². The van der Waals surface area contributed by atoms with Gasteiger partial charge in [0.05, 0.1) is 0 Å². The summed E-state index contributed by atoms with van der Waals surface area (Å²) in [6, 6.07) is 15.5. The first-order chi connectivity index (χ1) is 8.24. The zero-order valence-electron chi connectivity index (χ0n) is 9.84. The van der Waals surface area contributed by atoms with Crippen molar-refractivity contribution in [3.8, 4) is 0 Å². The fourth-order valence-electron chi connectivity index (χ4n) is 1.22. The predicted molar refractivity (Wildman–Crippen MR) is 68.6 cm³/mol. The van der Waals surface area contributed by atoms with E-state index in [0.717, 1.165) is 6.42 Å². The van der Waals surface area contributed by atoms with Crippen molar-refractivity contribution < 1.29 is 4.79 Å². The number of aryl methyl sites for hydroxylation is 1. The fraction of sp³-hybridized carbons (Fsp3) is 0.143. The van der Waals surface area contributed by atoms with E-state index in [1.165, 1.54) is 11.8 Å². The van der Waals surface area contributed by atoms with Crippen molar-refractivity contribution in [2.75, 3.05) is 0 Å². The van der Waals surface area contributed by atoms with Gasteiger partial charge in [0.15, 0.2) is 0 Å². The van der Waals surface area contributed by atoms with E-state index in [4.69, 9.17) is 5.73 Å². The van der Waals surface area contributed by atoms with E-state index in [1.54, 1.807) is 18.2 Å². The molecule has 0 bridgehead atoms. The first-order valence-electron chi connectivity index (χ1n) is 5.48. The van der Waals surface area contributed by atoms with Crippen LogP contribution in [-0.4, -0.2) is 10.9 Å². The second-order valence-corrected chi connectivity index (χ2v) is 3.42. The molecule has 0 saturated carbocycles. The molecule has 1 amide bonds. The molecule has 0 spiro atoms. The highest BCUT2D eigenvalue weighted by molar-refractivity contribution is 5.90. The van der Waals surface area contributed by atoms with Crippen LogP contribution in [0.15, 0.2) is 54.7 Å². The Labute approximate surface area is 101 Å². The Morgan fingerprint density at radius 3 is 2.12 bits per heavy atom. The number of carbonyl (C=O) groups is 1. The minimum Gasteiger partial charge on any atom is -0.364 e. The molecular formula is C14H16N2O. The summed E-state index contributed by atoms with van der Waals surface area (Å²) in [6.07, 6.45) is 2.67. The maximum atomic E-state index is 10.4. The van der Waals surface area contributed by atoms with Gasteiger partial charge in [-0.05, 0) is 24.1 Å². The molecule has 0 radical (unpaired) electrons. The van der Waals surface area contributed by atoms with Gasteiger partial charge in [0, 0.05) is 6.20 Å². The van der Waals surface area contributed by atoms with Gasteiger partial charge in [-0.2, -0.15) is 0 Å². The minimum atomic E-state index is -0.490. The standard InChI is InChI=1S/C8H10.C6H6N2O/c1-2-8-6-4-3-5-7-8;7-6(9)5-3-1-2-4-8-5/h3-7H,2H2,1H3;1-4H,(H2,7,9). The summed E-state index contributed by atoms with van der Waals surface area (Å²) in [6.45, 7) is 2.16. The van der Waals surface area contributed by atoms with Gasteiger partial charge in [-0.15, -0.1) is 0 Å². The van der Waals surface area contributed by atoms with Gasteiger partial charge in [0.25, 0.3) is 5.91 Å². The Balaban J connectivity index is 0.000000171. The topological polar surface area (TPSA) is 56.0 Å². The molecule has 0 aliphatic heterocycles. The number of nitrogens with two attached hydrogens (primary N) is 1. The molecule has 0 fully saturated rings. The first-order valence-corrected chi connectivity index (χ1v) is 5.48. The number of hydrogen-bond donors (Lipinski definition) is 1. The predicted octanol–water partition coefficient (Wildman–Crippen LogP) is 2.43. The van der Waals surface area contributed by atoms with Gasteiger partial charge < -0.3 is 5.73 Å². The van der Waals surface area contributed by atoms with Crippen LogP contribution in [0, 0.1) is 0 Å². The fourth-order valence-corrected chi connectivity index (χ4v) is 1.22. The molecular weight excluding hydrogens is 212 g/mol. The van der Waals surface area contributed by atoms with Crippen LogP contribution >= 0.6 is 0 Å². The summed E-state index contributed by atoms with van der Waals surface area (Å²) in [5, 5.41) is 0. The van der Waals surface area contributed by atoms with Crippen LogP contribution in [0.1, 0.15) is 23.0 Å². The SMILES string of the molecule is CCc1ccccc1.NC(=O)c1ccccn1. The molecule has 3 nitrogen and oxygen atoms in total. The van der Waals surface area contributed by atoms with Crippen molar-refractivity contribution in [3.05, 3.63) is 66.0 Å². The number of pyridine rings is 1. The number of hydrogen-bond acceptors (Lipinski definition) is 2. The summed E-state index contributed by atoms with van der Waals surface area (Å²) in [5.41, 5.74) is 6.63. The lowest BCUT2D eigenvalue weighted by atomic mass is 10.2. The number of benzene rings is 1. The van der Waals surface area contributed by atoms with Gasteiger partial charge in [0.1, 0.15) is 5.69 Å². The molecule has 0 aliphatic rings. The van der Waals surface area contributed by atoms with Gasteiger partial charge in [0.2, 0.25) is 0 Å². The monoisotopic (exact) mass is 228 g/mol. The number of primary amides is 1. The summed E-state index contributed by atoms with van der Waals surface area (Å²) in [7, 11) is 0. The number of aromatic nitrogens is 1. The second-order valence-electron chi connectivity index (χ2n) is 3.42. The van der Waals surface area contributed by atoms with Crippen LogP contribution in [0.3, 0.4) is 0 Å². The zero-order valence-corrected chi connectivity index (χ0v) is 9.84. The van der Waals surface area contributed by atoms with Crippen molar-refractivity contribution in [1.82, 2.24) is 4.98 Å². The van der Waals surface area contributed by atoms with Crippen LogP contribution in [-0.2, 0) is 6.42 Å². The van der Waals surface area contributed by atoms with Crippen LogP contribution in [0.4, 0.5) is 0 Å². The molecule has 0 unspecified atom stereocenters. The van der Waals surface area contributed by atoms with E-state index < -0.39 is 5.91 Å². The maximum absolute atomic E-state index is 10.4. The summed E-state index contributed by atoms with van der Waals surface area (Å²) < 4.78 is 0. The van der Waals surface area contributed by atoms with Crippen molar-refractivity contribution in [2.24, 2.45) is 5.73 Å². The average Bonchev–Trinajstić information content (AvgIpc) is 2.41. The highest BCUT2D eigenvalue weighted by Gasteiger charge is 1.95. The molecule has 17 heavy (non-hydrogen) atoms. The molecule has 2 aromatic rings. The van der Waals surface area contributed by atoms with E-state index in [2.05, 4.69) is 36.2 Å². The molecule has 1 heterocycles. The lowest BCUT2D eigenvalue weighted by Gasteiger charge is -1.89. The Kier molecular flexibility index (Phi) is 5.44. The average molecular weight is 228 g/mol. The highest BCUT2D eigenvalue weighted by atomic mass is 16.1. The third-order valence-corrected chi connectivity index (χ3v) is 2.17. The van der Waals surface area contributed by atoms with Crippen molar-refractivity contribution in [2.45, 2.75) is 13.3 Å². The van der Waals surface area contributed by atoms with E-state index >= 15 is 0 Å². The Bertz CT molecular complexity index is 440. The normalized spacial score (nSPS) is 9.00. The Hall–Kier alpha value is -2.16. The maximum Gasteiger partial charge on any atom is 0.267 e. The molecule has 1 aromatic carbocycles. The number of amides is 1. The highest BCUT2D eigenvalue weighted by Crippen LogP contribution is 1.96. The van der Waals surface area contributed by atoms with Crippen molar-refractivity contribution >= 4 is 5.91 Å². The second kappa shape index (κ2) is 7.17. The molecule has 88 valence electrons. The lowest BCUT2D eigenvalue weighted by molar-refractivity contribution is 0.0995. The van der Waals surface area contributed by atoms with Crippen LogP contribution in [0.25, 0.3) is 0 Å². The van der Waals surface area contributed by atoms with Crippen LogP contribution in [0.5, 0.6) is 0 Å². The van der Waals surface area contributed by atoms with E-state index in [9.17, 15) is 4.79 Å². The van der Waals surface area contributed by atoms with Gasteiger partial charge in [-0.3, -0.25) is 9.78 Å². The molecule has 1 aromatic heterocycles. The Morgan fingerprint density at radius 2 is 1.76 bits per heavy atom. The van der Waals surface area contributed by atoms with Gasteiger partial charge in [-0.1, -0.05) is 43.3 Å². The molecule has 0 aliphatic carbocycles. The largest absolute Gasteiger partial charge is 0.364 e. The summed E-state index contributed by atoms with van der Waals surface area (Å²) in [4.78, 5) is 14.1. The molecule has 0 atom stereocenters. The van der Waals surface area contributed by atoms with Crippen molar-refractivity contribution in [3.63, 3.8) is 0 Å². The van der Waals surface area contributed by atoms with Crippen LogP contribution in [0.2, 0.25) is 0 Å². The summed E-state index contributed by atoms with van der Waals surface area (Å²) in [5.74, 6) is -0.490. The number of rotatable bonds is 2.